The normalized spacial score (nSPS) is 21.6. The molecule has 1 aliphatic heterocycles. The number of carbonyl (C=O) groups excluding carboxylic acids is 1. The van der Waals surface area contributed by atoms with Gasteiger partial charge in [-0.3, -0.25) is 14.5 Å². The van der Waals surface area contributed by atoms with E-state index in [9.17, 15) is 14.7 Å². The first-order valence-electron chi connectivity index (χ1n) is 7.13. The first-order chi connectivity index (χ1) is 9.61. The topological polar surface area (TPSA) is 57.6 Å². The van der Waals surface area contributed by atoms with Gasteiger partial charge in [-0.15, -0.1) is 0 Å². The number of likely N-dealkylation sites (tertiary alicyclic amines) is 1. The second-order valence-electron chi connectivity index (χ2n) is 5.41. The molecule has 0 radical (unpaired) electrons. The number of ketones is 1. The molecule has 2 atom stereocenters. The van der Waals surface area contributed by atoms with Gasteiger partial charge in [0.25, 0.3) is 0 Å². The average Bonchev–Trinajstić information content (AvgIpc) is 2.43. The first kappa shape index (κ1) is 14.7. The number of Topliss-reactive ketones (excluding diaryl/α,β-unsaturated/α-hetero) is 1. The molecule has 1 N–H and O–H groups in total. The van der Waals surface area contributed by atoms with Crippen LogP contribution in [0.4, 0.5) is 0 Å². The molecule has 0 amide bonds. The van der Waals surface area contributed by atoms with E-state index in [1.807, 2.05) is 37.3 Å². The van der Waals surface area contributed by atoms with Crippen molar-refractivity contribution in [3.05, 3.63) is 35.9 Å². The number of carboxylic acids is 1. The van der Waals surface area contributed by atoms with Crippen LogP contribution in [-0.4, -0.2) is 34.8 Å². The standard InChI is InChI=1S/C16H21NO3/c1-2-13(16(19)20)14-8-9-17(11-15(14)18)10-12-6-4-3-5-7-12/h3-7,13-14H,2,8-11H2,1H3,(H,19,20). The summed E-state index contributed by atoms with van der Waals surface area (Å²) in [6.45, 7) is 3.74. The molecule has 0 saturated carbocycles. The van der Waals surface area contributed by atoms with Gasteiger partial charge in [0.05, 0.1) is 12.5 Å². The summed E-state index contributed by atoms with van der Waals surface area (Å²) in [7, 11) is 0. The van der Waals surface area contributed by atoms with Crippen LogP contribution in [0.5, 0.6) is 0 Å². The summed E-state index contributed by atoms with van der Waals surface area (Å²) in [6, 6.07) is 10.0. The molecular weight excluding hydrogens is 254 g/mol. The van der Waals surface area contributed by atoms with Crippen molar-refractivity contribution in [2.45, 2.75) is 26.3 Å². The van der Waals surface area contributed by atoms with E-state index >= 15 is 0 Å². The van der Waals surface area contributed by atoms with Crippen molar-refractivity contribution in [2.75, 3.05) is 13.1 Å². The lowest BCUT2D eigenvalue weighted by atomic mass is 9.82. The second kappa shape index (κ2) is 6.66. The van der Waals surface area contributed by atoms with Crippen molar-refractivity contribution in [3.8, 4) is 0 Å². The Morgan fingerprint density at radius 1 is 1.40 bits per heavy atom. The minimum Gasteiger partial charge on any atom is -0.481 e. The number of hydrogen-bond donors (Lipinski definition) is 1. The van der Waals surface area contributed by atoms with Gasteiger partial charge in [-0.2, -0.15) is 0 Å². The Kier molecular flexibility index (Phi) is 4.90. The summed E-state index contributed by atoms with van der Waals surface area (Å²) in [4.78, 5) is 25.5. The minimum atomic E-state index is -0.845. The highest BCUT2D eigenvalue weighted by Gasteiger charge is 2.35. The number of hydrogen-bond acceptors (Lipinski definition) is 3. The number of piperidine rings is 1. The first-order valence-corrected chi connectivity index (χ1v) is 7.13. The summed E-state index contributed by atoms with van der Waals surface area (Å²) in [5, 5.41) is 9.18. The molecule has 2 rings (SSSR count). The van der Waals surface area contributed by atoms with Crippen molar-refractivity contribution in [2.24, 2.45) is 11.8 Å². The highest BCUT2D eigenvalue weighted by atomic mass is 16.4. The van der Waals surface area contributed by atoms with E-state index in [-0.39, 0.29) is 11.7 Å². The van der Waals surface area contributed by atoms with Crippen molar-refractivity contribution in [1.29, 1.82) is 0 Å². The zero-order valence-corrected chi connectivity index (χ0v) is 11.8. The lowest BCUT2D eigenvalue weighted by Crippen LogP contribution is -2.44. The van der Waals surface area contributed by atoms with Crippen LogP contribution in [0.15, 0.2) is 30.3 Å². The van der Waals surface area contributed by atoms with Gasteiger partial charge < -0.3 is 5.11 Å². The summed E-state index contributed by atoms with van der Waals surface area (Å²) in [5.74, 6) is -1.62. The number of rotatable bonds is 5. The van der Waals surface area contributed by atoms with Gasteiger partial charge in [-0.05, 0) is 24.9 Å². The van der Waals surface area contributed by atoms with Crippen LogP contribution < -0.4 is 0 Å². The second-order valence-corrected chi connectivity index (χ2v) is 5.41. The number of nitrogens with zero attached hydrogens (tertiary/aromatic N) is 1. The van der Waals surface area contributed by atoms with Crippen LogP contribution >= 0.6 is 0 Å². The van der Waals surface area contributed by atoms with E-state index < -0.39 is 11.9 Å². The maximum Gasteiger partial charge on any atom is 0.307 e. The maximum absolute atomic E-state index is 12.2. The minimum absolute atomic E-state index is 0.0708. The fourth-order valence-electron chi connectivity index (χ4n) is 2.93. The van der Waals surface area contributed by atoms with Crippen LogP contribution in [0.25, 0.3) is 0 Å². The van der Waals surface area contributed by atoms with E-state index in [4.69, 9.17) is 0 Å². The third kappa shape index (κ3) is 3.45. The fraction of sp³-hybridized carbons (Fsp3) is 0.500. The zero-order valence-electron chi connectivity index (χ0n) is 11.8. The van der Waals surface area contributed by atoms with E-state index in [1.54, 1.807) is 0 Å². The number of carbonyl (C=O) groups is 2. The van der Waals surface area contributed by atoms with Gasteiger partial charge in [0.1, 0.15) is 0 Å². The van der Waals surface area contributed by atoms with Crippen LogP contribution in [-0.2, 0) is 16.1 Å². The summed E-state index contributed by atoms with van der Waals surface area (Å²) >= 11 is 0. The van der Waals surface area contributed by atoms with Gasteiger partial charge >= 0.3 is 5.97 Å². The molecule has 0 aliphatic carbocycles. The van der Waals surface area contributed by atoms with Crippen molar-refractivity contribution in [1.82, 2.24) is 4.90 Å². The molecule has 1 aromatic rings. The van der Waals surface area contributed by atoms with Crippen LogP contribution in [0.1, 0.15) is 25.3 Å². The Balaban J connectivity index is 1.95. The van der Waals surface area contributed by atoms with Gasteiger partial charge in [-0.25, -0.2) is 0 Å². The summed E-state index contributed by atoms with van der Waals surface area (Å²) < 4.78 is 0. The third-order valence-electron chi connectivity index (χ3n) is 4.04. The van der Waals surface area contributed by atoms with Crippen molar-refractivity contribution < 1.29 is 14.7 Å². The van der Waals surface area contributed by atoms with Crippen LogP contribution in [0, 0.1) is 11.8 Å². The molecule has 1 aliphatic rings. The monoisotopic (exact) mass is 275 g/mol. The highest BCUT2D eigenvalue weighted by molar-refractivity contribution is 5.88. The van der Waals surface area contributed by atoms with Crippen LogP contribution in [0.2, 0.25) is 0 Å². The number of benzene rings is 1. The Morgan fingerprint density at radius 3 is 2.65 bits per heavy atom. The van der Waals surface area contributed by atoms with Crippen LogP contribution in [0.3, 0.4) is 0 Å². The molecule has 20 heavy (non-hydrogen) atoms. The number of carboxylic acid groups (broad SMARTS) is 1. The molecule has 4 heteroatoms. The van der Waals surface area contributed by atoms with Gasteiger partial charge in [0.15, 0.2) is 5.78 Å². The zero-order chi connectivity index (χ0) is 14.5. The molecule has 2 unspecified atom stereocenters. The smallest absolute Gasteiger partial charge is 0.307 e. The van der Waals surface area contributed by atoms with Crippen molar-refractivity contribution >= 4 is 11.8 Å². The van der Waals surface area contributed by atoms with E-state index in [2.05, 4.69) is 4.90 Å². The quantitative estimate of drug-likeness (QED) is 0.895. The third-order valence-corrected chi connectivity index (χ3v) is 4.04. The lowest BCUT2D eigenvalue weighted by Gasteiger charge is -2.33. The predicted octanol–water partition coefficient (Wildman–Crippen LogP) is 2.19. The molecule has 1 aromatic carbocycles. The Labute approximate surface area is 119 Å². The van der Waals surface area contributed by atoms with Gasteiger partial charge in [0.2, 0.25) is 0 Å². The molecule has 1 heterocycles. The molecule has 4 nitrogen and oxygen atoms in total. The Morgan fingerprint density at radius 2 is 2.10 bits per heavy atom. The lowest BCUT2D eigenvalue weighted by molar-refractivity contribution is -0.148. The van der Waals surface area contributed by atoms with E-state index in [0.717, 1.165) is 13.1 Å². The van der Waals surface area contributed by atoms with Crippen molar-refractivity contribution in [3.63, 3.8) is 0 Å². The molecule has 0 spiro atoms. The largest absolute Gasteiger partial charge is 0.481 e. The molecule has 1 saturated heterocycles. The molecule has 0 aromatic heterocycles. The number of aliphatic carboxylic acids is 1. The van der Waals surface area contributed by atoms with E-state index in [0.29, 0.717) is 19.4 Å². The fourth-order valence-corrected chi connectivity index (χ4v) is 2.93. The maximum atomic E-state index is 12.2. The Hall–Kier alpha value is -1.68. The molecule has 108 valence electrons. The Bertz CT molecular complexity index is 472. The van der Waals surface area contributed by atoms with E-state index in [1.165, 1.54) is 5.56 Å². The predicted molar refractivity (Wildman–Crippen MR) is 76.2 cm³/mol. The summed E-state index contributed by atoms with van der Waals surface area (Å²) in [5.41, 5.74) is 1.18. The SMILES string of the molecule is CCC(C(=O)O)C1CCN(Cc2ccccc2)CC1=O. The van der Waals surface area contributed by atoms with Gasteiger partial charge in [-0.1, -0.05) is 37.3 Å². The van der Waals surface area contributed by atoms with Gasteiger partial charge in [0, 0.05) is 12.5 Å². The summed E-state index contributed by atoms with van der Waals surface area (Å²) in [6.07, 6.45) is 1.17. The molecular formula is C16H21NO3. The molecule has 1 fully saturated rings. The highest BCUT2D eigenvalue weighted by Crippen LogP contribution is 2.26. The average molecular weight is 275 g/mol. The molecule has 0 bridgehead atoms.